The second kappa shape index (κ2) is 9.45. The zero-order valence-corrected chi connectivity index (χ0v) is 19.4. The Balaban J connectivity index is 1.68. The Labute approximate surface area is 208 Å². The Morgan fingerprint density at radius 1 is 0.629 bits per heavy atom. The van der Waals surface area contributed by atoms with Gasteiger partial charge in [0.2, 0.25) is 5.78 Å². The summed E-state index contributed by atoms with van der Waals surface area (Å²) in [4.78, 5) is 30.1. The van der Waals surface area contributed by atoms with Crippen LogP contribution >= 0.6 is 11.6 Å². The number of aromatic amines is 1. The standard InChI is InChI=1S/C30H21ClN2O2/c31-24-13-7-12-23(18-24)28(34)26-25(21-16-14-20(15-17-21)19-8-3-1-4-9-19)27(33-30(26)32)29(35)22-10-5-2-6-11-22/h1-18,33H,32H2. The fourth-order valence-electron chi connectivity index (χ4n) is 4.18. The summed E-state index contributed by atoms with van der Waals surface area (Å²) in [6, 6.07) is 33.3. The second-order valence-electron chi connectivity index (χ2n) is 8.14. The van der Waals surface area contributed by atoms with E-state index in [0.717, 1.165) is 11.1 Å². The molecule has 0 atom stereocenters. The Morgan fingerprint density at radius 3 is 1.86 bits per heavy atom. The zero-order valence-electron chi connectivity index (χ0n) is 18.7. The van der Waals surface area contributed by atoms with Gasteiger partial charge >= 0.3 is 0 Å². The van der Waals surface area contributed by atoms with Gasteiger partial charge in [0.1, 0.15) is 5.82 Å². The van der Waals surface area contributed by atoms with Gasteiger partial charge in [0.15, 0.2) is 5.78 Å². The van der Waals surface area contributed by atoms with Crippen LogP contribution in [0.25, 0.3) is 22.3 Å². The van der Waals surface area contributed by atoms with Crippen molar-refractivity contribution in [3.63, 3.8) is 0 Å². The number of nitrogens with one attached hydrogen (secondary N) is 1. The van der Waals surface area contributed by atoms with Gasteiger partial charge in [-0.25, -0.2) is 0 Å². The van der Waals surface area contributed by atoms with Crippen LogP contribution in [-0.4, -0.2) is 16.6 Å². The molecule has 4 nitrogen and oxygen atoms in total. The first-order valence-corrected chi connectivity index (χ1v) is 11.5. The van der Waals surface area contributed by atoms with E-state index in [4.69, 9.17) is 17.3 Å². The monoisotopic (exact) mass is 476 g/mol. The maximum Gasteiger partial charge on any atom is 0.209 e. The normalized spacial score (nSPS) is 10.8. The largest absolute Gasteiger partial charge is 0.385 e. The molecule has 5 rings (SSSR count). The first-order chi connectivity index (χ1) is 17.0. The van der Waals surface area contributed by atoms with E-state index in [9.17, 15) is 9.59 Å². The highest BCUT2D eigenvalue weighted by Gasteiger charge is 2.28. The number of aromatic nitrogens is 1. The maximum atomic E-state index is 13.6. The molecule has 0 unspecified atom stereocenters. The van der Waals surface area contributed by atoms with E-state index in [-0.39, 0.29) is 28.6 Å². The quantitative estimate of drug-likeness (QED) is 0.258. The summed E-state index contributed by atoms with van der Waals surface area (Å²) in [5.41, 5.74) is 11.0. The Kier molecular flexibility index (Phi) is 6.04. The predicted molar refractivity (Wildman–Crippen MR) is 141 cm³/mol. The molecule has 0 saturated carbocycles. The molecule has 0 aliphatic rings. The second-order valence-corrected chi connectivity index (χ2v) is 8.58. The van der Waals surface area contributed by atoms with E-state index in [0.29, 0.717) is 27.3 Å². The van der Waals surface area contributed by atoms with Gasteiger partial charge in [-0.05, 0) is 28.8 Å². The third-order valence-corrected chi connectivity index (χ3v) is 6.12. The molecule has 0 spiro atoms. The van der Waals surface area contributed by atoms with Crippen LogP contribution in [0, 0.1) is 0 Å². The molecule has 0 radical (unpaired) electrons. The van der Waals surface area contributed by atoms with Gasteiger partial charge < -0.3 is 10.7 Å². The summed E-state index contributed by atoms with van der Waals surface area (Å²) in [7, 11) is 0. The Bertz CT molecular complexity index is 1520. The summed E-state index contributed by atoms with van der Waals surface area (Å²) >= 11 is 6.14. The van der Waals surface area contributed by atoms with Crippen LogP contribution in [0.3, 0.4) is 0 Å². The van der Waals surface area contributed by atoms with Gasteiger partial charge in [0.25, 0.3) is 0 Å². The van der Waals surface area contributed by atoms with Crippen molar-refractivity contribution >= 4 is 29.0 Å². The van der Waals surface area contributed by atoms with Crippen molar-refractivity contribution in [1.82, 2.24) is 4.98 Å². The number of nitrogen functional groups attached to an aromatic ring is 1. The van der Waals surface area contributed by atoms with Crippen molar-refractivity contribution in [3.05, 3.63) is 137 Å². The Morgan fingerprint density at radius 2 is 1.20 bits per heavy atom. The number of hydrogen-bond donors (Lipinski definition) is 2. The molecule has 35 heavy (non-hydrogen) atoms. The highest BCUT2D eigenvalue weighted by Crippen LogP contribution is 2.36. The fraction of sp³-hybridized carbons (Fsp3) is 0. The molecule has 5 aromatic rings. The van der Waals surface area contributed by atoms with Gasteiger partial charge in [-0.2, -0.15) is 0 Å². The predicted octanol–water partition coefficient (Wildman–Crippen LogP) is 7.05. The summed E-state index contributed by atoms with van der Waals surface area (Å²) in [5, 5.41) is 0.444. The van der Waals surface area contributed by atoms with Crippen molar-refractivity contribution in [2.75, 3.05) is 5.73 Å². The van der Waals surface area contributed by atoms with E-state index in [1.165, 1.54) is 0 Å². The van der Waals surface area contributed by atoms with Crippen LogP contribution in [0.5, 0.6) is 0 Å². The van der Waals surface area contributed by atoms with Crippen LogP contribution in [0.1, 0.15) is 32.0 Å². The minimum absolute atomic E-state index is 0.136. The minimum atomic E-state index is -0.310. The first kappa shape index (κ1) is 22.4. The number of ketones is 2. The molecule has 170 valence electrons. The smallest absolute Gasteiger partial charge is 0.209 e. The number of rotatable bonds is 6. The molecule has 0 aliphatic heterocycles. The van der Waals surface area contributed by atoms with Gasteiger partial charge in [-0.15, -0.1) is 0 Å². The number of anilines is 1. The lowest BCUT2D eigenvalue weighted by molar-refractivity contribution is 0.103. The summed E-state index contributed by atoms with van der Waals surface area (Å²) in [6.45, 7) is 0. The average Bonchev–Trinajstić information content (AvgIpc) is 3.25. The molecule has 5 heteroatoms. The average molecular weight is 477 g/mol. The van der Waals surface area contributed by atoms with Crippen LogP contribution in [0.15, 0.2) is 109 Å². The lowest BCUT2D eigenvalue weighted by Crippen LogP contribution is -2.07. The molecular formula is C30H21ClN2O2. The molecule has 1 heterocycles. The highest BCUT2D eigenvalue weighted by molar-refractivity contribution is 6.31. The first-order valence-electron chi connectivity index (χ1n) is 11.1. The van der Waals surface area contributed by atoms with Crippen molar-refractivity contribution in [3.8, 4) is 22.3 Å². The SMILES string of the molecule is Nc1[nH]c(C(=O)c2ccccc2)c(-c2ccc(-c3ccccc3)cc2)c1C(=O)c1cccc(Cl)c1. The van der Waals surface area contributed by atoms with Crippen molar-refractivity contribution in [2.45, 2.75) is 0 Å². The zero-order chi connectivity index (χ0) is 24.4. The lowest BCUT2D eigenvalue weighted by atomic mass is 9.92. The molecule has 0 aliphatic carbocycles. The van der Waals surface area contributed by atoms with Crippen LogP contribution in [0.4, 0.5) is 5.82 Å². The van der Waals surface area contributed by atoms with E-state index >= 15 is 0 Å². The van der Waals surface area contributed by atoms with E-state index in [1.54, 1.807) is 48.5 Å². The van der Waals surface area contributed by atoms with Gasteiger partial charge in [-0.3, -0.25) is 9.59 Å². The van der Waals surface area contributed by atoms with Gasteiger partial charge in [0.05, 0.1) is 11.3 Å². The number of halogens is 1. The lowest BCUT2D eigenvalue weighted by Gasteiger charge is -2.10. The Hall–Kier alpha value is -4.41. The number of carbonyl (C=O) groups is 2. The minimum Gasteiger partial charge on any atom is -0.385 e. The number of nitrogens with two attached hydrogens (primary N) is 1. The van der Waals surface area contributed by atoms with E-state index in [2.05, 4.69) is 4.98 Å². The number of hydrogen-bond acceptors (Lipinski definition) is 3. The van der Waals surface area contributed by atoms with E-state index < -0.39 is 0 Å². The topological polar surface area (TPSA) is 76.0 Å². The molecule has 0 bridgehead atoms. The number of benzene rings is 4. The molecule has 4 aromatic carbocycles. The third kappa shape index (κ3) is 4.39. The van der Waals surface area contributed by atoms with Crippen molar-refractivity contribution in [2.24, 2.45) is 0 Å². The molecule has 3 N–H and O–H groups in total. The molecular weight excluding hydrogens is 456 g/mol. The van der Waals surface area contributed by atoms with Crippen molar-refractivity contribution < 1.29 is 9.59 Å². The summed E-state index contributed by atoms with van der Waals surface area (Å²) in [6.07, 6.45) is 0. The molecule has 0 fully saturated rings. The number of carbonyl (C=O) groups excluding carboxylic acids is 2. The van der Waals surface area contributed by atoms with Gasteiger partial charge in [0, 0.05) is 21.7 Å². The molecule has 0 saturated heterocycles. The van der Waals surface area contributed by atoms with Crippen LogP contribution < -0.4 is 5.73 Å². The summed E-state index contributed by atoms with van der Waals surface area (Å²) < 4.78 is 0. The fourth-order valence-corrected chi connectivity index (χ4v) is 4.37. The molecule has 0 amide bonds. The third-order valence-electron chi connectivity index (χ3n) is 5.89. The maximum absolute atomic E-state index is 13.6. The molecule has 1 aromatic heterocycles. The van der Waals surface area contributed by atoms with Crippen LogP contribution in [0.2, 0.25) is 5.02 Å². The van der Waals surface area contributed by atoms with Crippen LogP contribution in [-0.2, 0) is 0 Å². The van der Waals surface area contributed by atoms with E-state index in [1.807, 2.05) is 60.7 Å². The highest BCUT2D eigenvalue weighted by atomic mass is 35.5. The van der Waals surface area contributed by atoms with Crippen molar-refractivity contribution in [1.29, 1.82) is 0 Å². The van der Waals surface area contributed by atoms with Gasteiger partial charge in [-0.1, -0.05) is 109 Å². The summed E-state index contributed by atoms with van der Waals surface area (Å²) in [5.74, 6) is -0.420. The number of H-pyrrole nitrogens is 1.